The van der Waals surface area contributed by atoms with Gasteiger partial charge < -0.3 is 19.3 Å². The summed E-state index contributed by atoms with van der Waals surface area (Å²) in [5.74, 6) is -0.407. The molecule has 1 aliphatic heterocycles. The Morgan fingerprint density at radius 1 is 0.925 bits per heavy atom. The lowest BCUT2D eigenvalue weighted by atomic mass is 9.85. The van der Waals surface area contributed by atoms with E-state index < -0.39 is 17.7 Å². The van der Waals surface area contributed by atoms with Crippen molar-refractivity contribution in [2.75, 3.05) is 25.7 Å². The third-order valence-electron chi connectivity index (χ3n) is 7.40. The van der Waals surface area contributed by atoms with E-state index in [9.17, 15) is 14.7 Å². The van der Waals surface area contributed by atoms with Gasteiger partial charge in [0.2, 0.25) is 0 Å². The number of anilines is 1. The lowest BCUT2D eigenvalue weighted by Crippen LogP contribution is -2.30. The van der Waals surface area contributed by atoms with Gasteiger partial charge in [0.05, 0.1) is 38.0 Å². The predicted molar refractivity (Wildman–Crippen MR) is 157 cm³/mol. The molecule has 0 radical (unpaired) electrons. The lowest BCUT2D eigenvalue weighted by Gasteiger charge is -2.28. The summed E-state index contributed by atoms with van der Waals surface area (Å²) in [5, 5.41) is 11.8. The molecule has 3 aromatic rings. The topological polar surface area (TPSA) is 85.3 Å². The van der Waals surface area contributed by atoms with Crippen LogP contribution in [0.5, 0.6) is 17.2 Å². The summed E-state index contributed by atoms with van der Waals surface area (Å²) in [4.78, 5) is 29.0. The summed E-state index contributed by atoms with van der Waals surface area (Å²) in [6.07, 6.45) is 0. The van der Waals surface area contributed by atoms with Gasteiger partial charge in [0.25, 0.3) is 11.7 Å². The van der Waals surface area contributed by atoms with Crippen LogP contribution in [0.3, 0.4) is 0 Å². The highest BCUT2D eigenvalue weighted by atomic mass is 16.5. The summed E-state index contributed by atoms with van der Waals surface area (Å²) < 4.78 is 16.9. The Morgan fingerprint density at radius 3 is 2.23 bits per heavy atom. The van der Waals surface area contributed by atoms with Crippen molar-refractivity contribution in [2.45, 2.75) is 53.0 Å². The Kier molecular flexibility index (Phi) is 7.96. The molecule has 0 aromatic heterocycles. The number of hydrogen-bond acceptors (Lipinski definition) is 6. The molecule has 4 rings (SSSR count). The maximum absolute atomic E-state index is 13.8. The van der Waals surface area contributed by atoms with Crippen LogP contribution >= 0.6 is 0 Å². The highest BCUT2D eigenvalue weighted by Crippen LogP contribution is 2.46. The number of nitrogens with zero attached hydrogens (tertiary/aromatic N) is 1. The molecular formula is C33H37NO6. The first-order valence-corrected chi connectivity index (χ1v) is 13.3. The first kappa shape index (κ1) is 28.7. The van der Waals surface area contributed by atoms with Gasteiger partial charge in [0.15, 0.2) is 11.5 Å². The van der Waals surface area contributed by atoms with E-state index in [1.54, 1.807) is 31.4 Å². The van der Waals surface area contributed by atoms with Crippen LogP contribution in [0.15, 0.2) is 60.2 Å². The monoisotopic (exact) mass is 543 g/mol. The van der Waals surface area contributed by atoms with E-state index in [-0.39, 0.29) is 16.7 Å². The number of ketones is 1. The second-order valence-corrected chi connectivity index (χ2v) is 10.9. The molecule has 0 bridgehead atoms. The third kappa shape index (κ3) is 5.04. The van der Waals surface area contributed by atoms with Crippen molar-refractivity contribution in [1.82, 2.24) is 0 Å². The second-order valence-electron chi connectivity index (χ2n) is 10.9. The van der Waals surface area contributed by atoms with E-state index in [0.717, 1.165) is 16.7 Å². The van der Waals surface area contributed by atoms with Gasteiger partial charge in [-0.25, -0.2) is 0 Å². The van der Waals surface area contributed by atoms with Gasteiger partial charge in [-0.05, 0) is 78.8 Å². The van der Waals surface area contributed by atoms with Crippen molar-refractivity contribution in [3.05, 3.63) is 88.0 Å². The Bertz CT molecular complexity index is 1500. The van der Waals surface area contributed by atoms with Gasteiger partial charge >= 0.3 is 0 Å². The molecule has 1 atom stereocenters. The van der Waals surface area contributed by atoms with Crippen LogP contribution < -0.4 is 19.1 Å². The molecule has 1 saturated heterocycles. The number of benzene rings is 3. The highest BCUT2D eigenvalue weighted by molar-refractivity contribution is 6.51. The first-order chi connectivity index (χ1) is 18.9. The zero-order valence-electron chi connectivity index (χ0n) is 24.4. The Balaban J connectivity index is 2.05. The lowest BCUT2D eigenvalue weighted by molar-refractivity contribution is -0.132. The summed E-state index contributed by atoms with van der Waals surface area (Å²) in [5.41, 5.74) is 4.06. The van der Waals surface area contributed by atoms with Gasteiger partial charge in [0, 0.05) is 5.69 Å². The molecule has 1 fully saturated rings. The molecule has 210 valence electrons. The van der Waals surface area contributed by atoms with E-state index >= 15 is 0 Å². The average Bonchev–Trinajstić information content (AvgIpc) is 3.19. The van der Waals surface area contributed by atoms with Crippen molar-refractivity contribution in [3.8, 4) is 17.2 Å². The maximum Gasteiger partial charge on any atom is 0.300 e. The van der Waals surface area contributed by atoms with Crippen molar-refractivity contribution in [1.29, 1.82) is 0 Å². The number of Topliss-reactive ketones (excluding diaryl/α,β-unsaturated/α-hetero) is 1. The van der Waals surface area contributed by atoms with Crippen LogP contribution in [0.1, 0.15) is 61.6 Å². The number of ether oxygens (including phenoxy) is 3. The molecule has 0 aliphatic carbocycles. The SMILES string of the molecule is CCOc1cc(C2/C(=C(\O)c3cc(C(C)(C)C)ccc3OC)C(=O)C(=O)N2c2cccc(C)c2C)ccc1OC. The number of methoxy groups -OCH3 is 2. The Labute approximate surface area is 236 Å². The number of amides is 1. The van der Waals surface area contributed by atoms with Crippen LogP contribution in [-0.2, 0) is 15.0 Å². The molecule has 1 N–H and O–H groups in total. The van der Waals surface area contributed by atoms with Crippen LogP contribution in [0.2, 0.25) is 0 Å². The van der Waals surface area contributed by atoms with Crippen molar-refractivity contribution >= 4 is 23.1 Å². The van der Waals surface area contributed by atoms with Crippen molar-refractivity contribution in [3.63, 3.8) is 0 Å². The normalized spacial score (nSPS) is 16.8. The Morgan fingerprint density at radius 2 is 1.60 bits per heavy atom. The number of aryl methyl sites for hydroxylation is 1. The van der Waals surface area contributed by atoms with E-state index in [1.807, 2.05) is 51.1 Å². The van der Waals surface area contributed by atoms with E-state index in [2.05, 4.69) is 20.8 Å². The third-order valence-corrected chi connectivity index (χ3v) is 7.40. The summed E-state index contributed by atoms with van der Waals surface area (Å²) in [6, 6.07) is 15.5. The quantitative estimate of drug-likeness (QED) is 0.204. The molecular weight excluding hydrogens is 506 g/mol. The largest absolute Gasteiger partial charge is 0.507 e. The number of rotatable bonds is 7. The number of aliphatic hydroxyl groups excluding tert-OH is 1. The Hall–Kier alpha value is -4.26. The van der Waals surface area contributed by atoms with Crippen LogP contribution in [0, 0.1) is 13.8 Å². The number of aliphatic hydroxyl groups is 1. The predicted octanol–water partition coefficient (Wildman–Crippen LogP) is 6.64. The van der Waals surface area contributed by atoms with Crippen LogP contribution in [0.4, 0.5) is 5.69 Å². The fourth-order valence-corrected chi connectivity index (χ4v) is 5.03. The zero-order chi connectivity index (χ0) is 29.4. The average molecular weight is 544 g/mol. The maximum atomic E-state index is 13.8. The minimum atomic E-state index is -0.923. The van der Waals surface area contributed by atoms with Crippen molar-refractivity contribution in [2.24, 2.45) is 0 Å². The highest BCUT2D eigenvalue weighted by Gasteiger charge is 2.48. The van der Waals surface area contributed by atoms with Gasteiger partial charge in [-0.3, -0.25) is 14.5 Å². The molecule has 1 heterocycles. The number of carbonyl (C=O) groups is 2. The minimum Gasteiger partial charge on any atom is -0.507 e. The molecule has 7 nitrogen and oxygen atoms in total. The molecule has 1 aliphatic rings. The number of hydrogen-bond donors (Lipinski definition) is 1. The summed E-state index contributed by atoms with van der Waals surface area (Å²) in [7, 11) is 3.06. The fraction of sp³-hybridized carbons (Fsp3) is 0.333. The van der Waals surface area contributed by atoms with Crippen LogP contribution in [0.25, 0.3) is 5.76 Å². The van der Waals surface area contributed by atoms with Gasteiger partial charge in [0.1, 0.15) is 11.5 Å². The molecule has 1 unspecified atom stereocenters. The zero-order valence-corrected chi connectivity index (χ0v) is 24.4. The molecule has 3 aromatic carbocycles. The van der Waals surface area contributed by atoms with Gasteiger partial charge in [-0.15, -0.1) is 0 Å². The van der Waals surface area contributed by atoms with E-state index in [4.69, 9.17) is 14.2 Å². The van der Waals surface area contributed by atoms with E-state index in [1.165, 1.54) is 12.0 Å². The smallest absolute Gasteiger partial charge is 0.300 e. The van der Waals surface area contributed by atoms with Crippen LogP contribution in [-0.4, -0.2) is 37.6 Å². The summed E-state index contributed by atoms with van der Waals surface area (Å²) >= 11 is 0. The van der Waals surface area contributed by atoms with Crippen molar-refractivity contribution < 1.29 is 28.9 Å². The molecule has 0 saturated carbocycles. The van der Waals surface area contributed by atoms with Gasteiger partial charge in [-0.2, -0.15) is 0 Å². The molecule has 40 heavy (non-hydrogen) atoms. The number of carbonyl (C=O) groups excluding carboxylic acids is 2. The second kappa shape index (κ2) is 11.1. The first-order valence-electron chi connectivity index (χ1n) is 13.3. The molecule has 7 heteroatoms. The summed E-state index contributed by atoms with van der Waals surface area (Å²) in [6.45, 7) is 12.3. The molecule has 0 spiro atoms. The minimum absolute atomic E-state index is 0.0251. The fourth-order valence-electron chi connectivity index (χ4n) is 5.03. The van der Waals surface area contributed by atoms with Gasteiger partial charge in [-0.1, -0.05) is 45.0 Å². The standard InChI is InChI=1S/C33H37NO6/c1-9-40-27-17-21(13-15-26(27)39-8)29-28(30(35)23-18-22(33(4,5)6)14-16-25(23)38-7)31(36)32(37)34(29)24-12-10-11-19(2)20(24)3/h10-18,29,35H,9H2,1-8H3/b30-28+. The molecule has 1 amide bonds. The van der Waals surface area contributed by atoms with E-state index in [0.29, 0.717) is 40.7 Å².